The Labute approximate surface area is 117 Å². The molecule has 8 nitrogen and oxygen atoms in total. The molecule has 1 heterocycles. The highest BCUT2D eigenvalue weighted by Crippen LogP contribution is 2.18. The van der Waals surface area contributed by atoms with Crippen molar-refractivity contribution in [1.82, 2.24) is 14.2 Å². The molecule has 0 saturated heterocycles. The Balaban J connectivity index is 3.16. The molecule has 1 aromatic heterocycles. The maximum Gasteiger partial charge on any atom is 0.352 e. The summed E-state index contributed by atoms with van der Waals surface area (Å²) in [6.45, 7) is 1.70. The Bertz CT molecular complexity index is 620. The molecule has 0 spiro atoms. The van der Waals surface area contributed by atoms with Gasteiger partial charge in [0, 0.05) is 26.8 Å². The van der Waals surface area contributed by atoms with E-state index in [2.05, 4.69) is 5.32 Å². The summed E-state index contributed by atoms with van der Waals surface area (Å²) in [5.41, 5.74) is -0.112. The summed E-state index contributed by atoms with van der Waals surface area (Å²) in [6.07, 6.45) is 1.25. The second kappa shape index (κ2) is 6.06. The number of hydrogen-bond acceptors (Lipinski definition) is 4. The minimum absolute atomic E-state index is 0.112. The molecule has 0 bridgehead atoms. The summed E-state index contributed by atoms with van der Waals surface area (Å²) >= 11 is 0. The van der Waals surface area contributed by atoms with Crippen LogP contribution in [0.1, 0.15) is 17.4 Å². The summed E-state index contributed by atoms with van der Waals surface area (Å²) in [5.74, 6) is -1.66. The zero-order valence-electron chi connectivity index (χ0n) is 11.5. The van der Waals surface area contributed by atoms with Gasteiger partial charge in [-0.05, 0) is 13.0 Å². The zero-order valence-corrected chi connectivity index (χ0v) is 12.3. The normalized spacial score (nSPS) is 11.6. The molecule has 0 unspecified atom stereocenters. The van der Waals surface area contributed by atoms with Gasteiger partial charge >= 0.3 is 5.97 Å². The number of sulfonamides is 1. The predicted octanol–water partition coefficient (Wildman–Crippen LogP) is -0.427. The molecule has 0 saturated carbocycles. The molecule has 9 heteroatoms. The zero-order chi connectivity index (χ0) is 15.5. The summed E-state index contributed by atoms with van der Waals surface area (Å²) < 4.78 is 26.6. The van der Waals surface area contributed by atoms with Crippen molar-refractivity contribution in [2.75, 3.05) is 20.6 Å². The first-order valence-corrected chi connectivity index (χ1v) is 7.28. The van der Waals surface area contributed by atoms with E-state index in [4.69, 9.17) is 5.11 Å². The number of carbonyl (C=O) groups excluding carboxylic acids is 1. The predicted molar refractivity (Wildman–Crippen MR) is 70.9 cm³/mol. The minimum Gasteiger partial charge on any atom is -0.477 e. The fraction of sp³-hybridized carbons (Fsp3) is 0.455. The van der Waals surface area contributed by atoms with E-state index in [9.17, 15) is 18.0 Å². The van der Waals surface area contributed by atoms with Gasteiger partial charge in [-0.15, -0.1) is 0 Å². The Morgan fingerprint density at radius 1 is 1.45 bits per heavy atom. The quantitative estimate of drug-likeness (QED) is 0.741. The van der Waals surface area contributed by atoms with Crippen LogP contribution in [0.2, 0.25) is 0 Å². The molecule has 112 valence electrons. The first-order chi connectivity index (χ1) is 9.23. The molecule has 0 aromatic carbocycles. The van der Waals surface area contributed by atoms with E-state index < -0.39 is 21.9 Å². The smallest absolute Gasteiger partial charge is 0.352 e. The Morgan fingerprint density at radius 2 is 2.05 bits per heavy atom. The first-order valence-electron chi connectivity index (χ1n) is 5.84. The SMILES string of the molecule is CCn1cc(S(=O)(=O)N(C)CC(=O)NC)cc1C(=O)O. The van der Waals surface area contributed by atoms with E-state index in [1.54, 1.807) is 6.92 Å². The van der Waals surface area contributed by atoms with Crippen LogP contribution < -0.4 is 5.32 Å². The summed E-state index contributed by atoms with van der Waals surface area (Å²) in [7, 11) is -1.24. The van der Waals surface area contributed by atoms with Crippen molar-refractivity contribution in [2.45, 2.75) is 18.4 Å². The molecule has 1 rings (SSSR count). The highest BCUT2D eigenvalue weighted by atomic mass is 32.2. The number of aromatic carboxylic acids is 1. The number of hydrogen-bond donors (Lipinski definition) is 2. The van der Waals surface area contributed by atoms with Crippen molar-refractivity contribution in [3.8, 4) is 0 Å². The van der Waals surface area contributed by atoms with E-state index in [-0.39, 0.29) is 17.1 Å². The molecule has 0 radical (unpaired) electrons. The molecule has 1 amide bonds. The molecule has 20 heavy (non-hydrogen) atoms. The van der Waals surface area contributed by atoms with Gasteiger partial charge < -0.3 is 15.0 Å². The third-order valence-corrected chi connectivity index (χ3v) is 4.55. The second-order valence-corrected chi connectivity index (χ2v) is 6.13. The van der Waals surface area contributed by atoms with Crippen LogP contribution in [0.3, 0.4) is 0 Å². The number of carboxylic acids is 1. The van der Waals surface area contributed by atoms with Crippen LogP contribution in [-0.4, -0.2) is 54.9 Å². The van der Waals surface area contributed by atoms with Crippen LogP contribution in [0.4, 0.5) is 0 Å². The topological polar surface area (TPSA) is 109 Å². The van der Waals surface area contributed by atoms with E-state index >= 15 is 0 Å². The number of aryl methyl sites for hydroxylation is 1. The number of rotatable bonds is 6. The van der Waals surface area contributed by atoms with Gasteiger partial charge in [-0.25, -0.2) is 13.2 Å². The Kier molecular flexibility index (Phi) is 4.90. The molecule has 0 aliphatic heterocycles. The molecular weight excluding hydrogens is 286 g/mol. The number of nitrogens with zero attached hydrogens (tertiary/aromatic N) is 2. The number of amides is 1. The molecular formula is C11H17N3O5S. The average molecular weight is 303 g/mol. The molecule has 0 atom stereocenters. The highest BCUT2D eigenvalue weighted by Gasteiger charge is 2.26. The standard InChI is InChI=1S/C11H17N3O5S/c1-4-14-6-8(5-9(14)11(16)17)20(18,19)13(3)7-10(15)12-2/h5-6H,4,7H2,1-3H3,(H,12,15)(H,16,17). The first kappa shape index (κ1) is 16.2. The lowest BCUT2D eigenvalue weighted by Crippen LogP contribution is -2.36. The van der Waals surface area contributed by atoms with Gasteiger partial charge in [-0.1, -0.05) is 0 Å². The average Bonchev–Trinajstić information content (AvgIpc) is 2.83. The maximum absolute atomic E-state index is 12.2. The number of nitrogens with one attached hydrogen (secondary N) is 1. The number of aromatic nitrogens is 1. The van der Waals surface area contributed by atoms with Gasteiger partial charge in [0.15, 0.2) is 0 Å². The molecule has 0 aliphatic rings. The largest absolute Gasteiger partial charge is 0.477 e. The fourth-order valence-electron chi connectivity index (χ4n) is 1.61. The minimum atomic E-state index is -3.90. The second-order valence-electron chi connectivity index (χ2n) is 4.09. The maximum atomic E-state index is 12.2. The Morgan fingerprint density at radius 3 is 2.45 bits per heavy atom. The van der Waals surface area contributed by atoms with E-state index in [1.807, 2.05) is 0 Å². The Hall–Kier alpha value is -1.87. The van der Waals surface area contributed by atoms with Crippen LogP contribution in [0.5, 0.6) is 0 Å². The summed E-state index contributed by atoms with van der Waals surface area (Å²) in [4.78, 5) is 22.1. The third kappa shape index (κ3) is 3.17. The lowest BCUT2D eigenvalue weighted by atomic mass is 10.4. The van der Waals surface area contributed by atoms with Crippen molar-refractivity contribution < 1.29 is 23.1 Å². The van der Waals surface area contributed by atoms with Crippen molar-refractivity contribution in [2.24, 2.45) is 0 Å². The summed E-state index contributed by atoms with van der Waals surface area (Å²) in [6, 6.07) is 1.08. The van der Waals surface area contributed by atoms with Gasteiger partial charge in [0.2, 0.25) is 15.9 Å². The van der Waals surface area contributed by atoms with Crippen LogP contribution in [0, 0.1) is 0 Å². The third-order valence-electron chi connectivity index (χ3n) is 2.78. The van der Waals surface area contributed by atoms with E-state index in [1.165, 1.54) is 24.9 Å². The van der Waals surface area contributed by atoms with Crippen molar-refractivity contribution in [3.05, 3.63) is 18.0 Å². The lowest BCUT2D eigenvalue weighted by molar-refractivity contribution is -0.120. The monoisotopic (exact) mass is 303 g/mol. The lowest BCUT2D eigenvalue weighted by Gasteiger charge is -2.14. The number of likely N-dealkylation sites (N-methyl/N-ethyl adjacent to an activating group) is 2. The van der Waals surface area contributed by atoms with Gasteiger partial charge in [0.25, 0.3) is 0 Å². The number of carbonyl (C=O) groups is 2. The van der Waals surface area contributed by atoms with Gasteiger partial charge in [0.1, 0.15) is 10.6 Å². The van der Waals surface area contributed by atoms with Crippen LogP contribution >= 0.6 is 0 Å². The molecule has 0 aliphatic carbocycles. The fourth-order valence-corrected chi connectivity index (χ4v) is 2.78. The van der Waals surface area contributed by atoms with Gasteiger partial charge in [-0.3, -0.25) is 4.79 Å². The molecule has 2 N–H and O–H groups in total. The van der Waals surface area contributed by atoms with Crippen LogP contribution in [-0.2, 0) is 21.4 Å². The summed E-state index contributed by atoms with van der Waals surface area (Å²) in [5, 5.41) is 11.3. The number of carboxylic acid groups (broad SMARTS) is 1. The molecule has 1 aromatic rings. The van der Waals surface area contributed by atoms with Crippen molar-refractivity contribution in [3.63, 3.8) is 0 Å². The van der Waals surface area contributed by atoms with Gasteiger partial charge in [0.05, 0.1) is 6.54 Å². The van der Waals surface area contributed by atoms with Crippen molar-refractivity contribution in [1.29, 1.82) is 0 Å². The van der Waals surface area contributed by atoms with Crippen molar-refractivity contribution >= 4 is 21.9 Å². The van der Waals surface area contributed by atoms with Crippen LogP contribution in [0.25, 0.3) is 0 Å². The highest BCUT2D eigenvalue weighted by molar-refractivity contribution is 7.89. The van der Waals surface area contributed by atoms with E-state index in [0.29, 0.717) is 6.54 Å². The van der Waals surface area contributed by atoms with Gasteiger partial charge in [-0.2, -0.15) is 4.31 Å². The van der Waals surface area contributed by atoms with Crippen LogP contribution in [0.15, 0.2) is 17.2 Å². The van der Waals surface area contributed by atoms with E-state index in [0.717, 1.165) is 10.4 Å². The molecule has 0 fully saturated rings.